The highest BCUT2D eigenvalue weighted by Gasteiger charge is 2.26. The maximum absolute atomic E-state index is 12.0. The van der Waals surface area contributed by atoms with E-state index in [0.717, 1.165) is 16.9 Å². The van der Waals surface area contributed by atoms with Crippen molar-refractivity contribution in [2.45, 2.75) is 4.90 Å². The number of rotatable bonds is 4. The van der Waals surface area contributed by atoms with Crippen molar-refractivity contribution in [3.05, 3.63) is 65.2 Å². The van der Waals surface area contributed by atoms with E-state index in [4.69, 9.17) is 9.57 Å². The number of methoxy groups -OCH3 is 1. The molecule has 5 heteroatoms. The van der Waals surface area contributed by atoms with Gasteiger partial charge in [0.1, 0.15) is 11.5 Å². The number of ether oxygens (including phenoxy) is 1. The second kappa shape index (κ2) is 6.71. The zero-order valence-electron chi connectivity index (χ0n) is 12.8. The molecule has 0 amide bonds. The molecular weight excluding hydrogens is 310 g/mol. The van der Waals surface area contributed by atoms with Crippen LogP contribution in [0, 0.1) is 0 Å². The highest BCUT2D eigenvalue weighted by molar-refractivity contribution is 7.98. The summed E-state index contributed by atoms with van der Waals surface area (Å²) in [6.07, 6.45) is 3.82. The number of benzene rings is 2. The van der Waals surface area contributed by atoms with E-state index >= 15 is 0 Å². The molecule has 116 valence electrons. The van der Waals surface area contributed by atoms with Crippen LogP contribution in [0.4, 0.5) is 0 Å². The molecule has 1 aliphatic heterocycles. The molecule has 23 heavy (non-hydrogen) atoms. The predicted octanol–water partition coefficient (Wildman–Crippen LogP) is 3.76. The Kier molecular flexibility index (Phi) is 4.48. The van der Waals surface area contributed by atoms with E-state index in [1.807, 2.05) is 54.8 Å². The van der Waals surface area contributed by atoms with Gasteiger partial charge in [0.2, 0.25) is 0 Å². The van der Waals surface area contributed by atoms with Crippen molar-refractivity contribution in [1.82, 2.24) is 0 Å². The summed E-state index contributed by atoms with van der Waals surface area (Å²) >= 11 is 1.67. The zero-order valence-corrected chi connectivity index (χ0v) is 13.6. The zero-order chi connectivity index (χ0) is 16.2. The van der Waals surface area contributed by atoms with Crippen LogP contribution in [0.1, 0.15) is 11.1 Å². The average Bonchev–Trinajstić information content (AvgIpc) is 2.96. The second-order valence-electron chi connectivity index (χ2n) is 4.88. The minimum atomic E-state index is -0.440. The van der Waals surface area contributed by atoms with Gasteiger partial charge in [0, 0.05) is 10.5 Å². The summed E-state index contributed by atoms with van der Waals surface area (Å²) < 4.78 is 5.14. The largest absolute Gasteiger partial charge is 0.497 e. The summed E-state index contributed by atoms with van der Waals surface area (Å²) in [4.78, 5) is 18.0. The van der Waals surface area contributed by atoms with Gasteiger partial charge in [-0.1, -0.05) is 17.3 Å². The Balaban J connectivity index is 1.93. The number of carbonyl (C=O) groups is 1. The molecule has 1 heterocycles. The minimum absolute atomic E-state index is 0.440. The average molecular weight is 325 g/mol. The topological polar surface area (TPSA) is 47.9 Å². The highest BCUT2D eigenvalue weighted by Crippen LogP contribution is 2.23. The first-order chi connectivity index (χ1) is 11.2. The molecule has 0 fully saturated rings. The van der Waals surface area contributed by atoms with Crippen LogP contribution < -0.4 is 4.74 Å². The molecule has 0 N–H and O–H groups in total. The molecule has 1 aliphatic rings. The van der Waals surface area contributed by atoms with Gasteiger partial charge in [-0.25, -0.2) is 4.79 Å². The summed E-state index contributed by atoms with van der Waals surface area (Å²) in [6, 6.07) is 15.3. The van der Waals surface area contributed by atoms with E-state index in [2.05, 4.69) is 5.16 Å². The third-order valence-corrected chi connectivity index (χ3v) is 4.23. The van der Waals surface area contributed by atoms with Gasteiger partial charge in [-0.3, -0.25) is 0 Å². The quantitative estimate of drug-likeness (QED) is 0.488. The molecule has 0 radical (unpaired) electrons. The molecule has 0 spiro atoms. The highest BCUT2D eigenvalue weighted by atomic mass is 32.2. The van der Waals surface area contributed by atoms with Gasteiger partial charge < -0.3 is 9.57 Å². The van der Waals surface area contributed by atoms with Crippen molar-refractivity contribution in [3.8, 4) is 5.75 Å². The van der Waals surface area contributed by atoms with E-state index in [-0.39, 0.29) is 0 Å². The maximum atomic E-state index is 12.0. The fraction of sp³-hybridized carbons (Fsp3) is 0.111. The van der Waals surface area contributed by atoms with Crippen LogP contribution in [-0.2, 0) is 9.63 Å². The molecule has 0 bridgehead atoms. The van der Waals surface area contributed by atoms with Crippen LogP contribution in [0.15, 0.2) is 64.2 Å². The van der Waals surface area contributed by atoms with Crippen LogP contribution in [0.5, 0.6) is 5.75 Å². The number of oxime groups is 1. The monoisotopic (exact) mass is 325 g/mol. The Morgan fingerprint density at radius 3 is 2.39 bits per heavy atom. The van der Waals surface area contributed by atoms with Crippen molar-refractivity contribution in [2.75, 3.05) is 13.4 Å². The van der Waals surface area contributed by atoms with Gasteiger partial charge >= 0.3 is 5.97 Å². The molecule has 0 saturated heterocycles. The first-order valence-corrected chi connectivity index (χ1v) is 8.23. The van der Waals surface area contributed by atoms with E-state index in [0.29, 0.717) is 11.3 Å². The molecule has 0 unspecified atom stereocenters. The van der Waals surface area contributed by atoms with Gasteiger partial charge in [-0.2, -0.15) is 0 Å². The maximum Gasteiger partial charge on any atom is 0.368 e. The molecule has 4 nitrogen and oxygen atoms in total. The molecule has 0 aliphatic carbocycles. The van der Waals surface area contributed by atoms with Gasteiger partial charge in [-0.15, -0.1) is 11.8 Å². The van der Waals surface area contributed by atoms with Crippen molar-refractivity contribution in [2.24, 2.45) is 5.16 Å². The first-order valence-electron chi connectivity index (χ1n) is 7.01. The van der Waals surface area contributed by atoms with Crippen LogP contribution in [0.3, 0.4) is 0 Å². The van der Waals surface area contributed by atoms with E-state index < -0.39 is 5.97 Å². The summed E-state index contributed by atoms with van der Waals surface area (Å²) in [7, 11) is 1.61. The minimum Gasteiger partial charge on any atom is -0.497 e. The third kappa shape index (κ3) is 3.29. The lowest BCUT2D eigenvalue weighted by Gasteiger charge is -2.03. The molecule has 3 rings (SSSR count). The molecule has 0 aromatic heterocycles. The predicted molar refractivity (Wildman–Crippen MR) is 91.8 cm³/mol. The second-order valence-corrected chi connectivity index (χ2v) is 5.76. The molecular formula is C18H15NO3S. The smallest absolute Gasteiger partial charge is 0.368 e. The number of thioether (sulfide) groups is 1. The Morgan fingerprint density at radius 1 is 1.09 bits per heavy atom. The summed E-state index contributed by atoms with van der Waals surface area (Å²) in [5, 5.41) is 3.91. The van der Waals surface area contributed by atoms with Gasteiger partial charge in [0.05, 0.1) is 12.7 Å². The number of hydrogen-bond donors (Lipinski definition) is 0. The van der Waals surface area contributed by atoms with Crippen LogP contribution in [0.2, 0.25) is 0 Å². The Morgan fingerprint density at radius 2 is 1.78 bits per heavy atom. The summed E-state index contributed by atoms with van der Waals surface area (Å²) in [5.41, 5.74) is 2.72. The van der Waals surface area contributed by atoms with Crippen molar-refractivity contribution < 1.29 is 14.4 Å². The third-order valence-electron chi connectivity index (χ3n) is 3.49. The van der Waals surface area contributed by atoms with Gasteiger partial charge in [0.25, 0.3) is 0 Å². The normalized spacial score (nSPS) is 15.5. The Hall–Kier alpha value is -2.53. The SMILES string of the molecule is COc1ccc(C2=NOC(=O)/C2=C\c2ccc(SC)cc2)cc1. The van der Waals surface area contributed by atoms with E-state index in [1.165, 1.54) is 4.90 Å². The Labute approximate surface area is 138 Å². The fourth-order valence-corrected chi connectivity index (χ4v) is 2.64. The lowest BCUT2D eigenvalue weighted by molar-refractivity contribution is -0.136. The van der Waals surface area contributed by atoms with Crippen LogP contribution in [-0.4, -0.2) is 25.0 Å². The van der Waals surface area contributed by atoms with Crippen LogP contribution >= 0.6 is 11.8 Å². The van der Waals surface area contributed by atoms with Crippen molar-refractivity contribution in [3.63, 3.8) is 0 Å². The number of hydrogen-bond acceptors (Lipinski definition) is 5. The molecule has 0 saturated carbocycles. The lowest BCUT2D eigenvalue weighted by atomic mass is 10.0. The standard InChI is InChI=1S/C18H15NO3S/c1-21-14-7-5-13(6-8-14)17-16(18(20)22-19-17)11-12-3-9-15(23-2)10-4-12/h3-11H,1-2H3/b16-11-. The summed E-state index contributed by atoms with van der Waals surface area (Å²) in [5.74, 6) is 0.308. The Bertz CT molecular complexity index is 777. The van der Waals surface area contributed by atoms with Crippen molar-refractivity contribution >= 4 is 29.5 Å². The van der Waals surface area contributed by atoms with Crippen molar-refractivity contribution in [1.29, 1.82) is 0 Å². The number of nitrogens with zero attached hydrogens (tertiary/aromatic N) is 1. The van der Waals surface area contributed by atoms with E-state index in [1.54, 1.807) is 24.9 Å². The number of carbonyl (C=O) groups excluding carboxylic acids is 1. The van der Waals surface area contributed by atoms with E-state index in [9.17, 15) is 4.79 Å². The molecule has 2 aromatic rings. The van der Waals surface area contributed by atoms with Gasteiger partial charge in [-0.05, 0) is 54.3 Å². The van der Waals surface area contributed by atoms with Gasteiger partial charge in [0.15, 0.2) is 0 Å². The molecule has 0 atom stereocenters. The molecule has 2 aromatic carbocycles. The summed E-state index contributed by atoms with van der Waals surface area (Å²) in [6.45, 7) is 0. The first kappa shape index (κ1) is 15.4. The van der Waals surface area contributed by atoms with Crippen LogP contribution in [0.25, 0.3) is 6.08 Å². The lowest BCUT2D eigenvalue weighted by Crippen LogP contribution is -2.06. The fourth-order valence-electron chi connectivity index (χ4n) is 2.23.